The van der Waals surface area contributed by atoms with E-state index in [0.29, 0.717) is 16.7 Å². The number of hydrogen-bond acceptors (Lipinski definition) is 1. The summed E-state index contributed by atoms with van der Waals surface area (Å²) in [5, 5.41) is 10.6. The van der Waals surface area contributed by atoms with Crippen LogP contribution in [-0.4, -0.2) is 10.7 Å². The highest BCUT2D eigenvalue weighted by atomic mass is 16.3. The molecule has 4 aliphatic rings. The Labute approximate surface area is 147 Å². The zero-order valence-electron chi connectivity index (χ0n) is 15.6. The van der Waals surface area contributed by atoms with Gasteiger partial charge in [-0.25, -0.2) is 4.85 Å². The van der Waals surface area contributed by atoms with Gasteiger partial charge in [-0.15, -0.1) is 0 Å². The molecule has 0 aromatic heterocycles. The van der Waals surface area contributed by atoms with Crippen molar-refractivity contribution in [2.75, 3.05) is 0 Å². The van der Waals surface area contributed by atoms with Crippen LogP contribution in [0.1, 0.15) is 78.6 Å². The maximum atomic E-state index is 10.6. The van der Waals surface area contributed by atoms with Gasteiger partial charge in [0.2, 0.25) is 0 Å². The average molecular weight is 328 g/mol. The smallest absolute Gasteiger partial charge is 0.154 e. The first-order valence-electron chi connectivity index (χ1n) is 10.1. The monoisotopic (exact) mass is 327 g/mol. The van der Waals surface area contributed by atoms with E-state index < -0.39 is 5.60 Å². The molecular weight excluding hydrogens is 294 g/mol. The first kappa shape index (κ1) is 16.6. The summed E-state index contributed by atoms with van der Waals surface area (Å²) in [5.74, 6) is 3.21. The lowest BCUT2D eigenvalue weighted by Crippen LogP contribution is -2.55. The standard InChI is InChI=1S/C22H33NO/c1-20(24)11-12-22(3)15(13-20)5-7-17-18-8-6-16(14-23-4)21(18,2)10-9-19(17)22/h14-15,17-19,24H,5-13H2,1-3H3/b16-14-/t15-,17-,18-,19-,20+,21+,22-/m0/s1. The lowest BCUT2D eigenvalue weighted by atomic mass is 9.44. The summed E-state index contributed by atoms with van der Waals surface area (Å²) in [4.78, 5) is 3.61. The summed E-state index contributed by atoms with van der Waals surface area (Å²) in [6, 6.07) is 0. The molecule has 1 N–H and O–H groups in total. The zero-order valence-corrected chi connectivity index (χ0v) is 15.6. The van der Waals surface area contributed by atoms with Crippen molar-refractivity contribution in [2.24, 2.45) is 34.5 Å². The number of allylic oxidation sites excluding steroid dienone is 1. The molecule has 0 bridgehead atoms. The lowest BCUT2D eigenvalue weighted by molar-refractivity contribution is -0.139. The molecule has 0 aromatic carbocycles. The van der Waals surface area contributed by atoms with E-state index in [9.17, 15) is 5.11 Å². The van der Waals surface area contributed by atoms with Crippen molar-refractivity contribution in [1.82, 2.24) is 0 Å². The van der Waals surface area contributed by atoms with Crippen molar-refractivity contribution in [2.45, 2.75) is 84.2 Å². The van der Waals surface area contributed by atoms with Gasteiger partial charge >= 0.3 is 0 Å². The van der Waals surface area contributed by atoms with E-state index in [1.807, 2.05) is 6.20 Å². The second-order valence-electron chi connectivity index (χ2n) is 10.1. The minimum atomic E-state index is -0.431. The Morgan fingerprint density at radius 3 is 2.58 bits per heavy atom. The fourth-order valence-electron chi connectivity index (χ4n) is 7.57. The van der Waals surface area contributed by atoms with Crippen LogP contribution < -0.4 is 0 Å². The quantitative estimate of drug-likeness (QED) is 0.577. The van der Waals surface area contributed by atoms with E-state index in [1.165, 1.54) is 44.1 Å². The number of aliphatic hydroxyl groups is 1. The number of hydrogen-bond donors (Lipinski definition) is 1. The Balaban J connectivity index is 1.62. The molecule has 0 aliphatic heterocycles. The molecule has 132 valence electrons. The molecule has 24 heavy (non-hydrogen) atoms. The van der Waals surface area contributed by atoms with Gasteiger partial charge in [-0.05, 0) is 99.2 Å². The maximum absolute atomic E-state index is 10.6. The predicted octanol–water partition coefficient (Wildman–Crippen LogP) is 5.58. The molecule has 0 aromatic rings. The van der Waals surface area contributed by atoms with E-state index in [1.54, 1.807) is 0 Å². The minimum Gasteiger partial charge on any atom is -0.390 e. The lowest BCUT2D eigenvalue weighted by Gasteiger charge is -2.61. The van der Waals surface area contributed by atoms with Gasteiger partial charge in [0.05, 0.1) is 12.2 Å². The third kappa shape index (κ3) is 2.23. The third-order valence-corrected chi connectivity index (χ3v) is 9.02. The van der Waals surface area contributed by atoms with E-state index in [-0.39, 0.29) is 0 Å². The molecule has 0 spiro atoms. The Morgan fingerprint density at radius 1 is 1.04 bits per heavy atom. The van der Waals surface area contributed by atoms with Crippen LogP contribution in [0.15, 0.2) is 11.8 Å². The second kappa shape index (κ2) is 5.34. The molecule has 0 amide bonds. The molecule has 0 heterocycles. The van der Waals surface area contributed by atoms with Gasteiger partial charge in [0.25, 0.3) is 0 Å². The van der Waals surface area contributed by atoms with Gasteiger partial charge in [0, 0.05) is 0 Å². The number of rotatable bonds is 0. The summed E-state index contributed by atoms with van der Waals surface area (Å²) in [6.45, 7) is 14.3. The van der Waals surface area contributed by atoms with Crippen molar-refractivity contribution in [3.05, 3.63) is 23.2 Å². The van der Waals surface area contributed by atoms with Gasteiger partial charge in [0.15, 0.2) is 6.20 Å². The Morgan fingerprint density at radius 2 is 1.83 bits per heavy atom. The van der Waals surface area contributed by atoms with Gasteiger partial charge in [-0.3, -0.25) is 0 Å². The maximum Gasteiger partial charge on any atom is 0.154 e. The van der Waals surface area contributed by atoms with Crippen molar-refractivity contribution in [3.63, 3.8) is 0 Å². The highest BCUT2D eigenvalue weighted by molar-refractivity contribution is 5.25. The number of nitrogens with zero attached hydrogens (tertiary/aromatic N) is 1. The van der Waals surface area contributed by atoms with Crippen molar-refractivity contribution in [1.29, 1.82) is 0 Å². The van der Waals surface area contributed by atoms with E-state index in [4.69, 9.17) is 6.57 Å². The summed E-state index contributed by atoms with van der Waals surface area (Å²) in [7, 11) is 0. The van der Waals surface area contributed by atoms with Crippen molar-refractivity contribution in [3.8, 4) is 0 Å². The van der Waals surface area contributed by atoms with Crippen LogP contribution in [0.25, 0.3) is 4.85 Å². The van der Waals surface area contributed by atoms with Crippen LogP contribution >= 0.6 is 0 Å². The first-order chi connectivity index (χ1) is 11.3. The van der Waals surface area contributed by atoms with Crippen LogP contribution in [0, 0.1) is 41.1 Å². The van der Waals surface area contributed by atoms with Gasteiger partial charge in [0.1, 0.15) is 0 Å². The van der Waals surface area contributed by atoms with Gasteiger partial charge in [-0.2, -0.15) is 0 Å². The molecule has 4 rings (SSSR count). The van der Waals surface area contributed by atoms with Crippen LogP contribution in [-0.2, 0) is 0 Å². The summed E-state index contributed by atoms with van der Waals surface area (Å²) in [6.07, 6.45) is 12.8. The Bertz CT molecular complexity index is 600. The van der Waals surface area contributed by atoms with Crippen LogP contribution in [0.5, 0.6) is 0 Å². The molecule has 0 unspecified atom stereocenters. The molecule has 4 fully saturated rings. The van der Waals surface area contributed by atoms with Gasteiger partial charge < -0.3 is 5.11 Å². The van der Waals surface area contributed by atoms with E-state index in [2.05, 4.69) is 25.6 Å². The highest BCUT2D eigenvalue weighted by Gasteiger charge is 2.59. The van der Waals surface area contributed by atoms with Crippen LogP contribution in [0.3, 0.4) is 0 Å². The Kier molecular flexibility index (Phi) is 3.70. The molecule has 0 radical (unpaired) electrons. The minimum absolute atomic E-state index is 0.301. The molecule has 0 saturated heterocycles. The molecule has 2 nitrogen and oxygen atoms in total. The second-order valence-corrected chi connectivity index (χ2v) is 10.1. The van der Waals surface area contributed by atoms with Gasteiger partial charge in [-0.1, -0.05) is 19.4 Å². The highest BCUT2D eigenvalue weighted by Crippen LogP contribution is 2.67. The summed E-state index contributed by atoms with van der Waals surface area (Å²) >= 11 is 0. The SMILES string of the molecule is [C-]#[N+]/C=C1/CC[C@H]2[C@@H]3CC[C@H]4C[C@](C)(O)CC[C@]4(C)[C@H]3CC[C@]12C. The topological polar surface area (TPSA) is 24.6 Å². The predicted molar refractivity (Wildman–Crippen MR) is 97.0 cm³/mol. The summed E-state index contributed by atoms with van der Waals surface area (Å²) in [5.41, 5.74) is 1.76. The molecular formula is C22H33NO. The van der Waals surface area contributed by atoms with E-state index >= 15 is 0 Å². The number of fused-ring (bicyclic) bond motifs is 5. The average Bonchev–Trinajstić information content (AvgIpc) is 2.85. The van der Waals surface area contributed by atoms with Crippen LogP contribution in [0.2, 0.25) is 0 Å². The van der Waals surface area contributed by atoms with Crippen LogP contribution in [0.4, 0.5) is 0 Å². The summed E-state index contributed by atoms with van der Waals surface area (Å²) < 4.78 is 0. The van der Waals surface area contributed by atoms with Crippen molar-refractivity contribution < 1.29 is 5.11 Å². The largest absolute Gasteiger partial charge is 0.390 e. The fourth-order valence-corrected chi connectivity index (χ4v) is 7.57. The molecule has 4 aliphatic carbocycles. The molecule has 2 heteroatoms. The third-order valence-electron chi connectivity index (χ3n) is 9.02. The van der Waals surface area contributed by atoms with E-state index in [0.717, 1.165) is 37.0 Å². The molecule has 7 atom stereocenters. The van der Waals surface area contributed by atoms with Crippen molar-refractivity contribution >= 4 is 0 Å². The zero-order chi connectivity index (χ0) is 17.2. The normalized spacial score (nSPS) is 55.4. The fraction of sp³-hybridized carbons (Fsp3) is 0.864. The Hall–Kier alpha value is -0.810. The molecule has 4 saturated carbocycles. The first-order valence-corrected chi connectivity index (χ1v) is 10.1.